The van der Waals surface area contributed by atoms with E-state index in [2.05, 4.69) is 12.2 Å². The highest BCUT2D eigenvalue weighted by molar-refractivity contribution is 5.93. The standard InChI is InChI=1S/C10H20N2O/c1-4-5-6-7-12-10(13)8(2)9(3)11/h4-7,11H2,1-3H3,(H,12,13)/b9-8-. The summed E-state index contributed by atoms with van der Waals surface area (Å²) < 4.78 is 0. The monoisotopic (exact) mass is 184 g/mol. The van der Waals surface area contributed by atoms with Gasteiger partial charge in [-0.3, -0.25) is 4.79 Å². The number of amides is 1. The Morgan fingerprint density at radius 3 is 2.38 bits per heavy atom. The third kappa shape index (κ3) is 5.28. The average Bonchev–Trinajstić information content (AvgIpc) is 2.10. The molecule has 0 saturated heterocycles. The van der Waals surface area contributed by atoms with Crippen LogP contribution < -0.4 is 11.1 Å². The molecule has 0 unspecified atom stereocenters. The fourth-order valence-corrected chi connectivity index (χ4v) is 0.889. The molecule has 0 aliphatic rings. The Morgan fingerprint density at radius 1 is 1.31 bits per heavy atom. The van der Waals surface area contributed by atoms with Crippen molar-refractivity contribution in [2.45, 2.75) is 40.0 Å². The summed E-state index contributed by atoms with van der Waals surface area (Å²) in [6.45, 7) is 6.36. The van der Waals surface area contributed by atoms with Gasteiger partial charge in [0.25, 0.3) is 0 Å². The highest BCUT2D eigenvalue weighted by atomic mass is 16.1. The number of carbonyl (C=O) groups excluding carboxylic acids is 1. The van der Waals surface area contributed by atoms with Gasteiger partial charge < -0.3 is 11.1 Å². The third-order valence-electron chi connectivity index (χ3n) is 2.00. The quantitative estimate of drug-likeness (QED) is 0.503. The Bertz CT molecular complexity index is 193. The van der Waals surface area contributed by atoms with Crippen LogP contribution >= 0.6 is 0 Å². The van der Waals surface area contributed by atoms with E-state index in [4.69, 9.17) is 5.73 Å². The van der Waals surface area contributed by atoms with Gasteiger partial charge in [0.1, 0.15) is 0 Å². The van der Waals surface area contributed by atoms with E-state index in [0.717, 1.165) is 19.4 Å². The molecule has 3 nitrogen and oxygen atoms in total. The summed E-state index contributed by atoms with van der Waals surface area (Å²) >= 11 is 0. The first kappa shape index (κ1) is 12.0. The van der Waals surface area contributed by atoms with E-state index in [-0.39, 0.29) is 5.91 Å². The van der Waals surface area contributed by atoms with Gasteiger partial charge in [0.15, 0.2) is 0 Å². The molecule has 76 valence electrons. The largest absolute Gasteiger partial charge is 0.402 e. The van der Waals surface area contributed by atoms with E-state index in [9.17, 15) is 4.79 Å². The van der Waals surface area contributed by atoms with Crippen LogP contribution in [0.5, 0.6) is 0 Å². The Morgan fingerprint density at radius 2 is 1.92 bits per heavy atom. The average molecular weight is 184 g/mol. The van der Waals surface area contributed by atoms with Crippen molar-refractivity contribution in [3.63, 3.8) is 0 Å². The minimum absolute atomic E-state index is 0.0453. The van der Waals surface area contributed by atoms with Crippen molar-refractivity contribution in [2.75, 3.05) is 6.54 Å². The van der Waals surface area contributed by atoms with Crippen molar-refractivity contribution in [1.29, 1.82) is 0 Å². The second kappa shape index (κ2) is 6.52. The van der Waals surface area contributed by atoms with Crippen molar-refractivity contribution in [3.05, 3.63) is 11.3 Å². The van der Waals surface area contributed by atoms with Gasteiger partial charge >= 0.3 is 0 Å². The first-order chi connectivity index (χ1) is 6.09. The van der Waals surface area contributed by atoms with Crippen LogP contribution in [-0.2, 0) is 4.79 Å². The van der Waals surface area contributed by atoms with E-state index in [1.807, 2.05) is 0 Å². The Labute approximate surface area is 80.4 Å². The molecule has 0 atom stereocenters. The SMILES string of the molecule is CCCCCNC(=O)/C(C)=C(/C)N. The maximum absolute atomic E-state index is 11.3. The smallest absolute Gasteiger partial charge is 0.248 e. The summed E-state index contributed by atoms with van der Waals surface area (Å²) in [4.78, 5) is 11.3. The van der Waals surface area contributed by atoms with Crippen molar-refractivity contribution in [3.8, 4) is 0 Å². The molecule has 0 saturated carbocycles. The van der Waals surface area contributed by atoms with Crippen LogP contribution in [0.2, 0.25) is 0 Å². The normalized spacial score (nSPS) is 12.2. The number of nitrogens with one attached hydrogen (secondary N) is 1. The van der Waals surface area contributed by atoms with Crippen molar-refractivity contribution >= 4 is 5.91 Å². The third-order valence-corrected chi connectivity index (χ3v) is 2.00. The van der Waals surface area contributed by atoms with Gasteiger partial charge in [-0.25, -0.2) is 0 Å². The van der Waals surface area contributed by atoms with Crippen LogP contribution in [0.3, 0.4) is 0 Å². The molecule has 0 aromatic heterocycles. The number of hydrogen-bond acceptors (Lipinski definition) is 2. The summed E-state index contributed by atoms with van der Waals surface area (Å²) in [5, 5.41) is 2.82. The number of hydrogen-bond donors (Lipinski definition) is 2. The lowest BCUT2D eigenvalue weighted by molar-refractivity contribution is -0.117. The molecule has 0 aliphatic heterocycles. The van der Waals surface area contributed by atoms with Gasteiger partial charge in [0, 0.05) is 17.8 Å². The van der Waals surface area contributed by atoms with Crippen LogP contribution in [0.1, 0.15) is 40.0 Å². The molecular weight excluding hydrogens is 164 g/mol. The topological polar surface area (TPSA) is 55.1 Å². The Kier molecular flexibility index (Phi) is 6.02. The van der Waals surface area contributed by atoms with E-state index in [1.165, 1.54) is 6.42 Å². The molecule has 0 fully saturated rings. The fourth-order valence-electron chi connectivity index (χ4n) is 0.889. The molecule has 1 amide bonds. The summed E-state index contributed by atoms with van der Waals surface area (Å²) in [6, 6.07) is 0. The van der Waals surface area contributed by atoms with Crippen molar-refractivity contribution in [1.82, 2.24) is 5.32 Å². The zero-order valence-corrected chi connectivity index (χ0v) is 8.81. The van der Waals surface area contributed by atoms with Crippen LogP contribution in [0.4, 0.5) is 0 Å². The lowest BCUT2D eigenvalue weighted by atomic mass is 10.2. The molecular formula is C10H20N2O. The summed E-state index contributed by atoms with van der Waals surface area (Å²) in [5.41, 5.74) is 6.70. The van der Waals surface area contributed by atoms with E-state index in [0.29, 0.717) is 11.3 Å². The minimum atomic E-state index is -0.0453. The van der Waals surface area contributed by atoms with Gasteiger partial charge in [-0.05, 0) is 20.3 Å². The Hall–Kier alpha value is -0.990. The fraction of sp³-hybridized carbons (Fsp3) is 0.700. The molecule has 0 bridgehead atoms. The van der Waals surface area contributed by atoms with Crippen molar-refractivity contribution in [2.24, 2.45) is 5.73 Å². The van der Waals surface area contributed by atoms with Crippen LogP contribution in [0.25, 0.3) is 0 Å². The molecule has 0 radical (unpaired) electrons. The zero-order chi connectivity index (χ0) is 10.3. The molecule has 0 aromatic carbocycles. The van der Waals surface area contributed by atoms with E-state index >= 15 is 0 Å². The molecule has 0 rings (SSSR count). The summed E-state index contributed by atoms with van der Waals surface area (Å²) in [7, 11) is 0. The van der Waals surface area contributed by atoms with Crippen molar-refractivity contribution < 1.29 is 4.79 Å². The van der Waals surface area contributed by atoms with Crippen LogP contribution in [0.15, 0.2) is 11.3 Å². The van der Waals surface area contributed by atoms with Crippen LogP contribution in [-0.4, -0.2) is 12.5 Å². The molecule has 0 spiro atoms. The molecule has 0 heterocycles. The lowest BCUT2D eigenvalue weighted by Crippen LogP contribution is -2.26. The molecule has 3 N–H and O–H groups in total. The van der Waals surface area contributed by atoms with Gasteiger partial charge in [0.05, 0.1) is 0 Å². The molecule has 0 aliphatic carbocycles. The Balaban J connectivity index is 3.70. The predicted molar refractivity (Wildman–Crippen MR) is 55.1 cm³/mol. The number of unbranched alkanes of at least 4 members (excludes halogenated alkanes) is 2. The van der Waals surface area contributed by atoms with E-state index < -0.39 is 0 Å². The second-order valence-corrected chi connectivity index (χ2v) is 3.27. The number of carbonyl (C=O) groups is 1. The van der Waals surface area contributed by atoms with Gasteiger partial charge in [-0.2, -0.15) is 0 Å². The van der Waals surface area contributed by atoms with Gasteiger partial charge in [0.2, 0.25) is 5.91 Å². The summed E-state index contributed by atoms with van der Waals surface area (Å²) in [6.07, 6.45) is 3.37. The highest BCUT2D eigenvalue weighted by Gasteiger charge is 2.04. The maximum Gasteiger partial charge on any atom is 0.248 e. The summed E-state index contributed by atoms with van der Waals surface area (Å²) in [5.74, 6) is -0.0453. The minimum Gasteiger partial charge on any atom is -0.402 e. The lowest BCUT2D eigenvalue weighted by Gasteiger charge is -2.05. The maximum atomic E-state index is 11.3. The first-order valence-corrected chi connectivity index (χ1v) is 4.80. The van der Waals surface area contributed by atoms with Gasteiger partial charge in [-0.15, -0.1) is 0 Å². The number of allylic oxidation sites excluding steroid dienone is 1. The predicted octanol–water partition coefficient (Wildman–Crippen LogP) is 1.55. The number of nitrogens with two attached hydrogens (primary N) is 1. The van der Waals surface area contributed by atoms with Crippen LogP contribution in [0, 0.1) is 0 Å². The number of rotatable bonds is 5. The molecule has 13 heavy (non-hydrogen) atoms. The second-order valence-electron chi connectivity index (χ2n) is 3.27. The van der Waals surface area contributed by atoms with E-state index in [1.54, 1.807) is 13.8 Å². The van der Waals surface area contributed by atoms with Gasteiger partial charge in [-0.1, -0.05) is 19.8 Å². The highest BCUT2D eigenvalue weighted by Crippen LogP contribution is 1.97. The molecule has 3 heteroatoms. The molecule has 0 aromatic rings. The first-order valence-electron chi connectivity index (χ1n) is 4.80. The zero-order valence-electron chi connectivity index (χ0n) is 8.81.